The third kappa shape index (κ3) is 3.32. The Morgan fingerprint density at radius 3 is 3.08 bits per heavy atom. The molecule has 1 aromatic heterocycles. The van der Waals surface area contributed by atoms with Crippen LogP contribution in [0.2, 0.25) is 5.32 Å². The molecule has 0 aliphatic carbocycles. The second-order valence-corrected chi connectivity index (χ2v) is 7.65. The predicted molar refractivity (Wildman–Crippen MR) is 82.5 cm³/mol. The summed E-state index contributed by atoms with van der Waals surface area (Å²) >= 11 is -0.115. The van der Waals surface area contributed by atoms with Crippen LogP contribution >= 0.6 is 0 Å². The maximum absolute atomic E-state index is 12.0. The number of hydroxylamine groups is 2. The molecule has 4 atom stereocenters. The second kappa shape index (κ2) is 7.19. The molecule has 24 heavy (non-hydrogen) atoms. The van der Waals surface area contributed by atoms with Crippen LogP contribution in [0.4, 0.5) is 0 Å². The van der Waals surface area contributed by atoms with Gasteiger partial charge in [0.2, 0.25) is 0 Å². The van der Waals surface area contributed by atoms with Crippen molar-refractivity contribution in [2.24, 2.45) is 0 Å². The third-order valence-electron chi connectivity index (χ3n) is 4.28. The molecule has 0 aromatic carbocycles. The number of aromatic amines is 1. The fourth-order valence-corrected chi connectivity index (χ4v) is 3.89. The molecular weight excluding hydrogens is 383 g/mol. The molecule has 3 heterocycles. The van der Waals surface area contributed by atoms with Gasteiger partial charge in [0.25, 0.3) is 0 Å². The molecule has 2 N–H and O–H groups in total. The van der Waals surface area contributed by atoms with Crippen LogP contribution in [0.1, 0.15) is 24.6 Å². The molecule has 10 heteroatoms. The van der Waals surface area contributed by atoms with Gasteiger partial charge in [0.05, 0.1) is 0 Å². The van der Waals surface area contributed by atoms with Gasteiger partial charge < -0.3 is 0 Å². The van der Waals surface area contributed by atoms with E-state index in [0.29, 0.717) is 30.3 Å². The second-order valence-electron chi connectivity index (χ2n) is 5.81. The molecule has 1 aromatic rings. The Morgan fingerprint density at radius 2 is 2.33 bits per heavy atom. The van der Waals surface area contributed by atoms with Gasteiger partial charge in [0.15, 0.2) is 0 Å². The maximum atomic E-state index is 12.0. The van der Waals surface area contributed by atoms with E-state index in [1.54, 1.807) is 6.92 Å². The fourth-order valence-electron chi connectivity index (χ4n) is 3.03. The molecule has 1 unspecified atom stereocenters. The molecule has 2 aliphatic heterocycles. The van der Waals surface area contributed by atoms with Crippen molar-refractivity contribution in [3.63, 3.8) is 0 Å². The van der Waals surface area contributed by atoms with E-state index in [0.717, 1.165) is 5.06 Å². The van der Waals surface area contributed by atoms with Crippen molar-refractivity contribution in [1.29, 1.82) is 5.26 Å². The Bertz CT molecular complexity index is 757. The number of rotatable bonds is 4. The van der Waals surface area contributed by atoms with Crippen LogP contribution in [0.15, 0.2) is 15.8 Å². The molecule has 0 bridgehead atoms. The first-order valence-electron chi connectivity index (χ1n) is 7.58. The van der Waals surface area contributed by atoms with Crippen LogP contribution in [-0.4, -0.2) is 59.8 Å². The van der Waals surface area contributed by atoms with Crippen molar-refractivity contribution < 1.29 is 14.7 Å². The summed E-state index contributed by atoms with van der Waals surface area (Å²) in [6, 6.07) is -0.289. The van der Waals surface area contributed by atoms with Crippen LogP contribution < -0.4 is 11.2 Å². The number of hydrogen-bond acceptors (Lipinski definition) is 7. The van der Waals surface area contributed by atoms with Gasteiger partial charge >= 0.3 is 143 Å². The van der Waals surface area contributed by atoms with Crippen molar-refractivity contribution in [3.8, 4) is 4.97 Å². The quantitative estimate of drug-likeness (QED) is 0.518. The molecular formula is C14H18N4O5Se. The Morgan fingerprint density at radius 1 is 1.54 bits per heavy atom. The molecule has 3 rings (SSSR count). The summed E-state index contributed by atoms with van der Waals surface area (Å²) in [7, 11) is 0. The van der Waals surface area contributed by atoms with E-state index in [1.165, 1.54) is 10.8 Å². The van der Waals surface area contributed by atoms with Crippen molar-refractivity contribution in [1.82, 2.24) is 14.6 Å². The van der Waals surface area contributed by atoms with E-state index in [2.05, 4.69) is 9.95 Å². The molecule has 0 amide bonds. The van der Waals surface area contributed by atoms with E-state index >= 15 is 0 Å². The van der Waals surface area contributed by atoms with Gasteiger partial charge in [0.1, 0.15) is 0 Å². The van der Waals surface area contributed by atoms with Crippen molar-refractivity contribution in [3.05, 3.63) is 32.6 Å². The van der Waals surface area contributed by atoms with Crippen molar-refractivity contribution in [2.45, 2.75) is 49.7 Å². The van der Waals surface area contributed by atoms with Gasteiger partial charge in [-0.15, -0.1) is 0 Å². The molecule has 0 radical (unpaired) electrons. The summed E-state index contributed by atoms with van der Waals surface area (Å²) < 4.78 is 12.8. The fraction of sp³-hybridized carbons (Fsp3) is 0.643. The molecule has 130 valence electrons. The number of aromatic nitrogens is 2. The van der Waals surface area contributed by atoms with Crippen LogP contribution in [0.25, 0.3) is 0 Å². The van der Waals surface area contributed by atoms with Gasteiger partial charge in [-0.25, -0.2) is 0 Å². The number of nitrogens with one attached hydrogen (secondary N) is 1. The number of nitriles is 1. The van der Waals surface area contributed by atoms with E-state index < -0.39 is 23.7 Å². The minimum atomic E-state index is -0.566. The number of fused-ring (bicyclic) bond motifs is 1. The average Bonchev–Trinajstić information content (AvgIpc) is 2.98. The number of ether oxygens (including phenoxy) is 2. The predicted octanol–water partition coefficient (Wildman–Crippen LogP) is -0.458. The van der Waals surface area contributed by atoms with E-state index in [9.17, 15) is 14.8 Å². The Labute approximate surface area is 143 Å². The van der Waals surface area contributed by atoms with Gasteiger partial charge in [-0.05, 0) is 0 Å². The number of hydrogen-bond donors (Lipinski definition) is 2. The third-order valence-corrected chi connectivity index (χ3v) is 5.47. The molecule has 0 saturated carbocycles. The zero-order valence-electron chi connectivity index (χ0n) is 13.0. The first-order chi connectivity index (χ1) is 11.5. The van der Waals surface area contributed by atoms with E-state index in [1.807, 2.05) is 0 Å². The average molecular weight is 401 g/mol. The monoisotopic (exact) mass is 402 g/mol. The molecule has 9 nitrogen and oxygen atoms in total. The van der Waals surface area contributed by atoms with Crippen molar-refractivity contribution >= 4 is 15.0 Å². The Hall–Kier alpha value is -1.47. The first kappa shape index (κ1) is 17.4. The van der Waals surface area contributed by atoms with Gasteiger partial charge in [0, 0.05) is 0 Å². The molecule has 2 saturated heterocycles. The minimum absolute atomic E-state index is 0.115. The summed E-state index contributed by atoms with van der Waals surface area (Å²) in [4.78, 5) is 27.9. The number of aryl methyl sites for hydroxylation is 1. The molecule has 2 aliphatic rings. The van der Waals surface area contributed by atoms with Crippen LogP contribution in [0.5, 0.6) is 0 Å². The summed E-state index contributed by atoms with van der Waals surface area (Å²) in [5, 5.41) is 20.8. The molecule has 2 fully saturated rings. The zero-order valence-corrected chi connectivity index (χ0v) is 14.8. The van der Waals surface area contributed by atoms with Crippen molar-refractivity contribution in [2.75, 3.05) is 6.61 Å². The summed E-state index contributed by atoms with van der Waals surface area (Å²) in [5.74, 6) is 0. The van der Waals surface area contributed by atoms with Gasteiger partial charge in [-0.3, -0.25) is 0 Å². The van der Waals surface area contributed by atoms with Crippen LogP contribution in [0, 0.1) is 17.2 Å². The SMILES string of the molecule is Cc1cn([C@H]2C[C@@H]3[C@@H](COC(CC[Se]C#N)N3O)O2)c(=O)[nH]c1=O. The molecule has 0 spiro atoms. The van der Waals surface area contributed by atoms with Crippen LogP contribution in [0.3, 0.4) is 0 Å². The Kier molecular flexibility index (Phi) is 5.20. The van der Waals surface area contributed by atoms with Gasteiger partial charge in [-0.2, -0.15) is 0 Å². The summed E-state index contributed by atoms with van der Waals surface area (Å²) in [5.41, 5.74) is -0.534. The number of H-pyrrole nitrogens is 1. The van der Waals surface area contributed by atoms with Gasteiger partial charge in [-0.1, -0.05) is 0 Å². The summed E-state index contributed by atoms with van der Waals surface area (Å²) in [6.45, 7) is 1.94. The Balaban J connectivity index is 1.73. The number of nitrogens with zero attached hydrogens (tertiary/aromatic N) is 3. The normalized spacial score (nSPS) is 30.0. The zero-order chi connectivity index (χ0) is 17.3. The van der Waals surface area contributed by atoms with E-state index in [4.69, 9.17) is 14.7 Å². The van der Waals surface area contributed by atoms with E-state index in [-0.39, 0.29) is 27.1 Å². The topological polar surface area (TPSA) is 121 Å². The summed E-state index contributed by atoms with van der Waals surface area (Å²) in [6.07, 6.45) is 1.09. The first-order valence-corrected chi connectivity index (χ1v) is 9.65. The standard InChI is InChI=1S/C14H18N4O5Se/c1-8-5-17(14(20)16-13(8)19)12-4-9-10(23-12)6-22-11(18(9)21)2-3-24-7-15/h5,9-12,21H,2-4,6H2,1H3,(H,16,19,20)/t9-,10-,11?,12-/m1/s1. The van der Waals surface area contributed by atoms with Crippen LogP contribution in [-0.2, 0) is 9.47 Å².